The maximum Gasteiger partial charge on any atom is 0.293 e. The summed E-state index contributed by atoms with van der Waals surface area (Å²) in [5.41, 5.74) is 2.53. The van der Waals surface area contributed by atoms with Gasteiger partial charge >= 0.3 is 0 Å². The smallest absolute Gasteiger partial charge is 0.293 e. The molecule has 3 aromatic rings. The van der Waals surface area contributed by atoms with Crippen LogP contribution < -0.4 is 9.80 Å². The third-order valence-corrected chi connectivity index (χ3v) is 5.51. The number of hydrogen-bond acceptors (Lipinski definition) is 7. The second-order valence-corrected chi connectivity index (χ2v) is 7.78. The summed E-state index contributed by atoms with van der Waals surface area (Å²) in [5, 5.41) is 20.1. The fraction of sp³-hybridized carbons (Fsp3) is 0.261. The number of amides is 1. The van der Waals surface area contributed by atoms with Crippen LogP contribution in [0.4, 0.5) is 17.2 Å². The van der Waals surface area contributed by atoms with Crippen LogP contribution in [0.2, 0.25) is 0 Å². The Morgan fingerprint density at radius 3 is 2.28 bits per heavy atom. The molecule has 1 aromatic heterocycles. The van der Waals surface area contributed by atoms with Gasteiger partial charge in [0, 0.05) is 57.5 Å². The highest BCUT2D eigenvalue weighted by Crippen LogP contribution is 2.28. The van der Waals surface area contributed by atoms with Gasteiger partial charge in [-0.25, -0.2) is 0 Å². The molecule has 1 amide bonds. The van der Waals surface area contributed by atoms with Crippen LogP contribution in [-0.4, -0.2) is 66.2 Å². The molecule has 164 valence electrons. The van der Waals surface area contributed by atoms with Gasteiger partial charge in [-0.3, -0.25) is 14.9 Å². The van der Waals surface area contributed by atoms with Gasteiger partial charge in [0.1, 0.15) is 5.69 Å². The van der Waals surface area contributed by atoms with Crippen molar-refractivity contribution in [1.29, 1.82) is 0 Å². The van der Waals surface area contributed by atoms with E-state index in [2.05, 4.69) is 15.1 Å². The van der Waals surface area contributed by atoms with Crippen molar-refractivity contribution in [1.82, 2.24) is 15.1 Å². The fourth-order valence-electron chi connectivity index (χ4n) is 3.76. The SMILES string of the molecule is CN(C)c1ccc(C(=O)N2CCN(c3ccc(-c4ccccc4)nn3)CC2)cc1[N+](=O)[O-]. The first-order valence-electron chi connectivity index (χ1n) is 10.3. The van der Waals surface area contributed by atoms with Crippen molar-refractivity contribution in [2.45, 2.75) is 0 Å². The fourth-order valence-corrected chi connectivity index (χ4v) is 3.76. The average Bonchev–Trinajstić information content (AvgIpc) is 2.84. The first-order chi connectivity index (χ1) is 15.4. The molecule has 1 fully saturated rings. The van der Waals surface area contributed by atoms with Crippen LogP contribution in [-0.2, 0) is 0 Å². The van der Waals surface area contributed by atoms with E-state index in [4.69, 9.17) is 0 Å². The molecule has 0 saturated carbocycles. The van der Waals surface area contributed by atoms with Gasteiger partial charge in [-0.2, -0.15) is 0 Å². The number of benzene rings is 2. The molecule has 1 saturated heterocycles. The number of piperazine rings is 1. The second-order valence-electron chi connectivity index (χ2n) is 7.78. The summed E-state index contributed by atoms with van der Waals surface area (Å²) in [6.07, 6.45) is 0. The molecule has 0 unspecified atom stereocenters. The molecule has 9 nitrogen and oxygen atoms in total. The van der Waals surface area contributed by atoms with Crippen molar-refractivity contribution >= 4 is 23.1 Å². The van der Waals surface area contributed by atoms with E-state index in [1.807, 2.05) is 42.5 Å². The quantitative estimate of drug-likeness (QED) is 0.452. The minimum absolute atomic E-state index is 0.0757. The van der Waals surface area contributed by atoms with Crippen LogP contribution >= 0.6 is 0 Å². The average molecular weight is 432 g/mol. The third-order valence-electron chi connectivity index (χ3n) is 5.51. The predicted octanol–water partition coefficient (Wildman–Crippen LogP) is 3.08. The highest BCUT2D eigenvalue weighted by Gasteiger charge is 2.25. The molecule has 2 aromatic carbocycles. The molecule has 1 aliphatic heterocycles. The van der Waals surface area contributed by atoms with E-state index in [9.17, 15) is 14.9 Å². The number of aromatic nitrogens is 2. The van der Waals surface area contributed by atoms with Gasteiger partial charge in [-0.1, -0.05) is 30.3 Å². The van der Waals surface area contributed by atoms with Crippen molar-refractivity contribution in [2.75, 3.05) is 50.1 Å². The molecule has 9 heteroatoms. The van der Waals surface area contributed by atoms with Crippen LogP contribution in [0.5, 0.6) is 0 Å². The number of carbonyl (C=O) groups is 1. The summed E-state index contributed by atoms with van der Waals surface area (Å²) in [7, 11) is 3.47. The van der Waals surface area contributed by atoms with E-state index >= 15 is 0 Å². The number of rotatable bonds is 5. The van der Waals surface area contributed by atoms with Crippen LogP contribution in [0.3, 0.4) is 0 Å². The maximum absolute atomic E-state index is 12.9. The van der Waals surface area contributed by atoms with Crippen LogP contribution in [0.25, 0.3) is 11.3 Å². The van der Waals surface area contributed by atoms with Gasteiger partial charge in [-0.15, -0.1) is 10.2 Å². The van der Waals surface area contributed by atoms with Gasteiger partial charge in [0.25, 0.3) is 11.6 Å². The second kappa shape index (κ2) is 9.01. The Hall–Kier alpha value is -4.01. The minimum atomic E-state index is -0.457. The molecule has 0 bridgehead atoms. The minimum Gasteiger partial charge on any atom is -0.372 e. The first kappa shape index (κ1) is 21.2. The lowest BCUT2D eigenvalue weighted by atomic mass is 10.1. The Bertz CT molecular complexity index is 1110. The number of carbonyl (C=O) groups excluding carboxylic acids is 1. The molecule has 0 aliphatic carbocycles. The van der Waals surface area contributed by atoms with Crippen molar-refractivity contribution < 1.29 is 9.72 Å². The Labute approximate surface area is 186 Å². The summed E-state index contributed by atoms with van der Waals surface area (Å²) in [4.78, 5) is 29.4. The van der Waals surface area contributed by atoms with E-state index in [1.165, 1.54) is 6.07 Å². The number of hydrogen-bond donors (Lipinski definition) is 0. The molecular weight excluding hydrogens is 408 g/mol. The monoisotopic (exact) mass is 432 g/mol. The van der Waals surface area contributed by atoms with E-state index in [1.54, 1.807) is 36.0 Å². The summed E-state index contributed by atoms with van der Waals surface area (Å²) in [6.45, 7) is 2.24. The topological polar surface area (TPSA) is 95.7 Å². The van der Waals surface area contributed by atoms with E-state index in [0.717, 1.165) is 17.1 Å². The predicted molar refractivity (Wildman–Crippen MR) is 123 cm³/mol. The van der Waals surface area contributed by atoms with Gasteiger partial charge in [0.05, 0.1) is 10.6 Å². The molecular formula is C23H24N6O3. The van der Waals surface area contributed by atoms with Crippen molar-refractivity contribution in [3.05, 3.63) is 76.3 Å². The van der Waals surface area contributed by atoms with Crippen LogP contribution in [0.15, 0.2) is 60.7 Å². The zero-order valence-electron chi connectivity index (χ0n) is 18.0. The molecule has 2 heterocycles. The van der Waals surface area contributed by atoms with Gasteiger partial charge < -0.3 is 14.7 Å². The summed E-state index contributed by atoms with van der Waals surface area (Å²) < 4.78 is 0. The molecule has 0 spiro atoms. The van der Waals surface area contributed by atoms with Gasteiger partial charge in [0.2, 0.25) is 0 Å². The van der Waals surface area contributed by atoms with Gasteiger partial charge in [0.15, 0.2) is 5.82 Å². The highest BCUT2D eigenvalue weighted by molar-refractivity contribution is 5.96. The number of nitrogens with zero attached hydrogens (tertiary/aromatic N) is 6. The lowest BCUT2D eigenvalue weighted by Gasteiger charge is -2.35. The molecule has 0 atom stereocenters. The largest absolute Gasteiger partial charge is 0.372 e. The van der Waals surface area contributed by atoms with Gasteiger partial charge in [-0.05, 0) is 24.3 Å². The molecule has 0 N–H and O–H groups in total. The Kier molecular flexibility index (Phi) is 5.98. The Morgan fingerprint density at radius 2 is 1.69 bits per heavy atom. The zero-order chi connectivity index (χ0) is 22.7. The van der Waals surface area contributed by atoms with Crippen LogP contribution in [0.1, 0.15) is 10.4 Å². The molecule has 1 aliphatic rings. The summed E-state index contributed by atoms with van der Waals surface area (Å²) in [6, 6.07) is 18.4. The maximum atomic E-state index is 12.9. The summed E-state index contributed by atoms with van der Waals surface area (Å²) >= 11 is 0. The van der Waals surface area contributed by atoms with E-state index < -0.39 is 4.92 Å². The lowest BCUT2D eigenvalue weighted by Crippen LogP contribution is -2.49. The number of nitro groups is 1. The molecule has 32 heavy (non-hydrogen) atoms. The normalized spacial score (nSPS) is 13.7. The lowest BCUT2D eigenvalue weighted by molar-refractivity contribution is -0.384. The Morgan fingerprint density at radius 1 is 0.969 bits per heavy atom. The first-order valence-corrected chi connectivity index (χ1v) is 10.3. The molecule has 4 rings (SSSR count). The standard InChI is InChI=1S/C23H24N6O3/c1-26(2)20-10-8-18(16-21(20)29(31)32)23(30)28-14-12-27(13-15-28)22-11-9-19(24-25-22)17-6-4-3-5-7-17/h3-11,16H,12-15H2,1-2H3. The van der Waals surface area contributed by atoms with Crippen molar-refractivity contribution in [3.8, 4) is 11.3 Å². The zero-order valence-corrected chi connectivity index (χ0v) is 18.0. The number of nitro benzene ring substituents is 1. The number of anilines is 2. The van der Waals surface area contributed by atoms with Crippen molar-refractivity contribution in [2.24, 2.45) is 0 Å². The van der Waals surface area contributed by atoms with Crippen molar-refractivity contribution in [3.63, 3.8) is 0 Å². The van der Waals surface area contributed by atoms with Crippen LogP contribution in [0, 0.1) is 10.1 Å². The molecule has 0 radical (unpaired) electrons. The Balaban J connectivity index is 1.42. The third kappa shape index (κ3) is 4.36. The highest BCUT2D eigenvalue weighted by atomic mass is 16.6. The van der Waals surface area contributed by atoms with E-state index in [-0.39, 0.29) is 11.6 Å². The summed E-state index contributed by atoms with van der Waals surface area (Å²) in [5.74, 6) is 0.561. The van der Waals surface area contributed by atoms with E-state index in [0.29, 0.717) is 37.4 Å².